The van der Waals surface area contributed by atoms with Gasteiger partial charge in [0.15, 0.2) is 0 Å². The van der Waals surface area contributed by atoms with E-state index in [0.717, 1.165) is 0 Å². The smallest absolute Gasteiger partial charge is 0.275 e. The third-order valence-corrected chi connectivity index (χ3v) is 2.23. The molecule has 0 saturated heterocycles. The maximum absolute atomic E-state index is 10.8. The van der Waals surface area contributed by atoms with E-state index in [2.05, 4.69) is 0 Å². The van der Waals surface area contributed by atoms with Gasteiger partial charge in [0.1, 0.15) is 5.75 Å². The van der Waals surface area contributed by atoms with Gasteiger partial charge in [-0.3, -0.25) is 10.1 Å². The van der Waals surface area contributed by atoms with Crippen LogP contribution in [0.4, 0.5) is 5.69 Å². The monoisotopic (exact) mass is 226 g/mol. The van der Waals surface area contributed by atoms with Crippen LogP contribution in [-0.4, -0.2) is 23.7 Å². The van der Waals surface area contributed by atoms with E-state index in [1.54, 1.807) is 0 Å². The zero-order chi connectivity index (χ0) is 12.1. The van der Waals surface area contributed by atoms with E-state index >= 15 is 0 Å². The van der Waals surface area contributed by atoms with Crippen LogP contribution in [0.15, 0.2) is 18.2 Å². The van der Waals surface area contributed by atoms with Crippen molar-refractivity contribution in [2.75, 3.05) is 13.7 Å². The molecule has 16 heavy (non-hydrogen) atoms. The zero-order valence-corrected chi connectivity index (χ0v) is 8.92. The highest BCUT2D eigenvalue weighted by Gasteiger charge is 2.20. The summed E-state index contributed by atoms with van der Waals surface area (Å²) in [5.74, 6) is 0.469. The van der Waals surface area contributed by atoms with E-state index in [9.17, 15) is 15.2 Å². The van der Waals surface area contributed by atoms with E-state index in [0.29, 0.717) is 5.75 Å². The lowest BCUT2D eigenvalue weighted by Gasteiger charge is -2.11. The van der Waals surface area contributed by atoms with Crippen molar-refractivity contribution in [2.45, 2.75) is 12.5 Å². The Kier molecular flexibility index (Phi) is 4.21. The third-order valence-electron chi connectivity index (χ3n) is 2.23. The Hall–Kier alpha value is -1.66. The highest BCUT2D eigenvalue weighted by Crippen LogP contribution is 2.30. The topological polar surface area (TPSA) is 98.6 Å². The third kappa shape index (κ3) is 2.68. The lowest BCUT2D eigenvalue weighted by molar-refractivity contribution is -0.386. The van der Waals surface area contributed by atoms with Gasteiger partial charge in [0.05, 0.1) is 23.7 Å². The molecule has 0 aliphatic carbocycles. The Morgan fingerprint density at radius 2 is 2.31 bits per heavy atom. The van der Waals surface area contributed by atoms with E-state index in [1.807, 2.05) is 0 Å². The summed E-state index contributed by atoms with van der Waals surface area (Å²) in [7, 11) is 1.46. The van der Waals surface area contributed by atoms with Crippen LogP contribution in [0.25, 0.3) is 0 Å². The summed E-state index contributed by atoms with van der Waals surface area (Å²) in [6.07, 6.45) is -0.672. The molecule has 6 nitrogen and oxygen atoms in total. The molecular formula is C10H14N2O4. The van der Waals surface area contributed by atoms with Crippen LogP contribution in [0.1, 0.15) is 18.1 Å². The Morgan fingerprint density at radius 1 is 1.62 bits per heavy atom. The summed E-state index contributed by atoms with van der Waals surface area (Å²) < 4.78 is 4.95. The van der Waals surface area contributed by atoms with Gasteiger partial charge >= 0.3 is 0 Å². The molecule has 0 radical (unpaired) electrons. The van der Waals surface area contributed by atoms with Crippen LogP contribution in [0.3, 0.4) is 0 Å². The molecule has 0 amide bonds. The Bertz CT molecular complexity index is 381. The maximum atomic E-state index is 10.8. The fraction of sp³-hybridized carbons (Fsp3) is 0.400. The molecule has 88 valence electrons. The molecule has 1 rings (SSSR count). The number of hydrogen-bond donors (Lipinski definition) is 2. The number of benzene rings is 1. The van der Waals surface area contributed by atoms with Crippen molar-refractivity contribution >= 4 is 5.69 Å². The molecule has 0 aliphatic heterocycles. The minimum absolute atomic E-state index is 0.123. The number of ether oxygens (including phenoxy) is 1. The lowest BCUT2D eigenvalue weighted by atomic mass is 10.0. The molecular weight excluding hydrogens is 212 g/mol. The molecule has 0 unspecified atom stereocenters. The average Bonchev–Trinajstić information content (AvgIpc) is 2.28. The number of nitrogens with two attached hydrogens (primary N) is 1. The molecule has 0 fully saturated rings. The number of rotatable bonds is 5. The van der Waals surface area contributed by atoms with Gasteiger partial charge in [-0.05, 0) is 25.1 Å². The van der Waals surface area contributed by atoms with Crippen LogP contribution < -0.4 is 10.5 Å². The molecule has 0 aromatic heterocycles. The number of nitrogens with zero attached hydrogens (tertiary/aromatic N) is 1. The van der Waals surface area contributed by atoms with E-state index in [-0.39, 0.29) is 24.2 Å². The zero-order valence-electron chi connectivity index (χ0n) is 8.92. The second kappa shape index (κ2) is 5.43. The van der Waals surface area contributed by atoms with Crippen molar-refractivity contribution in [3.8, 4) is 5.75 Å². The molecule has 1 atom stereocenters. The van der Waals surface area contributed by atoms with Crippen LogP contribution >= 0.6 is 0 Å². The summed E-state index contributed by atoms with van der Waals surface area (Å²) in [6, 6.07) is 4.25. The minimum atomic E-state index is -0.944. The Labute approximate surface area is 92.8 Å². The van der Waals surface area contributed by atoms with Crippen molar-refractivity contribution in [3.05, 3.63) is 33.9 Å². The fourth-order valence-electron chi connectivity index (χ4n) is 1.41. The van der Waals surface area contributed by atoms with Crippen molar-refractivity contribution in [2.24, 2.45) is 5.73 Å². The summed E-state index contributed by atoms with van der Waals surface area (Å²) in [4.78, 5) is 10.2. The summed E-state index contributed by atoms with van der Waals surface area (Å²) in [6.45, 7) is 0.259. The second-order valence-electron chi connectivity index (χ2n) is 3.28. The van der Waals surface area contributed by atoms with Gasteiger partial charge in [0.2, 0.25) is 0 Å². The Morgan fingerprint density at radius 3 is 2.81 bits per heavy atom. The molecule has 1 aromatic carbocycles. The molecule has 1 aromatic rings. The molecule has 6 heteroatoms. The lowest BCUT2D eigenvalue weighted by Crippen LogP contribution is -2.08. The van der Waals surface area contributed by atoms with Gasteiger partial charge in [0.25, 0.3) is 5.69 Å². The standard InChI is InChI=1S/C10H14N2O4/c1-16-7-2-3-9(12(14)15)8(6-7)10(13)4-5-11/h2-3,6,10,13H,4-5,11H2,1H3/t10-/m1/s1. The predicted molar refractivity (Wildman–Crippen MR) is 58.3 cm³/mol. The highest BCUT2D eigenvalue weighted by atomic mass is 16.6. The number of nitro groups is 1. The van der Waals surface area contributed by atoms with E-state index in [1.165, 1.54) is 25.3 Å². The van der Waals surface area contributed by atoms with Crippen molar-refractivity contribution in [1.29, 1.82) is 0 Å². The van der Waals surface area contributed by atoms with Crippen LogP contribution in [0, 0.1) is 10.1 Å². The van der Waals surface area contributed by atoms with Crippen molar-refractivity contribution < 1.29 is 14.8 Å². The normalized spacial score (nSPS) is 12.2. The van der Waals surface area contributed by atoms with Gasteiger partial charge in [-0.25, -0.2) is 0 Å². The fourth-order valence-corrected chi connectivity index (χ4v) is 1.41. The van der Waals surface area contributed by atoms with Crippen molar-refractivity contribution in [3.63, 3.8) is 0 Å². The first-order valence-corrected chi connectivity index (χ1v) is 4.80. The first kappa shape index (κ1) is 12.4. The van der Waals surface area contributed by atoms with Gasteiger partial charge in [-0.2, -0.15) is 0 Å². The second-order valence-corrected chi connectivity index (χ2v) is 3.28. The average molecular weight is 226 g/mol. The van der Waals surface area contributed by atoms with E-state index in [4.69, 9.17) is 10.5 Å². The SMILES string of the molecule is COc1ccc([N+](=O)[O-])c([C@H](O)CCN)c1. The molecule has 0 aliphatic rings. The Balaban J connectivity index is 3.14. The molecule has 0 saturated carbocycles. The summed E-state index contributed by atoms with van der Waals surface area (Å²) >= 11 is 0. The molecule has 0 spiro atoms. The van der Waals surface area contributed by atoms with Gasteiger partial charge < -0.3 is 15.6 Å². The minimum Gasteiger partial charge on any atom is -0.497 e. The number of methoxy groups -OCH3 is 1. The highest BCUT2D eigenvalue weighted by molar-refractivity contribution is 5.46. The van der Waals surface area contributed by atoms with Crippen LogP contribution in [0.5, 0.6) is 5.75 Å². The number of aliphatic hydroxyl groups excluding tert-OH is 1. The number of hydrogen-bond acceptors (Lipinski definition) is 5. The van der Waals surface area contributed by atoms with E-state index < -0.39 is 11.0 Å². The number of nitro benzene ring substituents is 1. The van der Waals surface area contributed by atoms with Crippen LogP contribution in [-0.2, 0) is 0 Å². The first-order chi connectivity index (χ1) is 7.60. The molecule has 0 heterocycles. The summed E-state index contributed by atoms with van der Waals surface area (Å²) in [5.41, 5.74) is 5.41. The van der Waals surface area contributed by atoms with Gasteiger partial charge in [0, 0.05) is 6.07 Å². The van der Waals surface area contributed by atoms with Gasteiger partial charge in [-0.15, -0.1) is 0 Å². The number of aliphatic hydroxyl groups is 1. The molecule has 3 N–H and O–H groups in total. The first-order valence-electron chi connectivity index (χ1n) is 4.80. The molecule has 0 bridgehead atoms. The van der Waals surface area contributed by atoms with Crippen LogP contribution in [0.2, 0.25) is 0 Å². The van der Waals surface area contributed by atoms with Gasteiger partial charge in [-0.1, -0.05) is 0 Å². The summed E-state index contributed by atoms with van der Waals surface area (Å²) in [5, 5.41) is 20.5. The van der Waals surface area contributed by atoms with Crippen molar-refractivity contribution in [1.82, 2.24) is 0 Å². The quantitative estimate of drug-likeness (QED) is 0.576. The maximum Gasteiger partial charge on any atom is 0.275 e. The predicted octanol–water partition coefficient (Wildman–Crippen LogP) is 0.986. The largest absolute Gasteiger partial charge is 0.497 e.